The normalized spacial score (nSPS) is 9.67. The predicted octanol–water partition coefficient (Wildman–Crippen LogP) is 2.20. The highest BCUT2D eigenvalue weighted by Crippen LogP contribution is 2.11. The van der Waals surface area contributed by atoms with Gasteiger partial charge in [0.2, 0.25) is 0 Å². The van der Waals surface area contributed by atoms with Gasteiger partial charge in [0.25, 0.3) is 0 Å². The third-order valence-corrected chi connectivity index (χ3v) is 2.49. The largest absolute Gasteiger partial charge is 0.460 e. The Morgan fingerprint density at radius 1 is 1.38 bits per heavy atom. The molecule has 0 unspecified atom stereocenters. The topological polar surface area (TPSA) is 76.7 Å². The molecule has 0 saturated heterocycles. The number of benzene rings is 1. The van der Waals surface area contributed by atoms with E-state index in [2.05, 4.69) is 11.3 Å². The van der Waals surface area contributed by atoms with E-state index in [1.807, 2.05) is 24.3 Å². The van der Waals surface area contributed by atoms with Gasteiger partial charge in [-0.25, -0.2) is 9.59 Å². The smallest absolute Gasteiger partial charge is 0.339 e. The lowest BCUT2D eigenvalue weighted by molar-refractivity contribution is -0.139. The average molecular weight is 290 g/mol. The molecule has 21 heavy (non-hydrogen) atoms. The first-order valence-electron chi connectivity index (χ1n) is 6.38. The first-order valence-corrected chi connectivity index (χ1v) is 6.38. The highest BCUT2D eigenvalue weighted by Gasteiger charge is 2.00. The summed E-state index contributed by atoms with van der Waals surface area (Å²) in [5.41, 5.74) is 1.39. The Bertz CT molecular complexity index is 684. The Hall–Kier alpha value is -2.40. The number of carbonyl (C=O) groups is 1. The van der Waals surface area contributed by atoms with E-state index >= 15 is 0 Å². The Balaban J connectivity index is 0.000000222. The molecule has 5 nitrogen and oxygen atoms in total. The van der Waals surface area contributed by atoms with Gasteiger partial charge in [0.1, 0.15) is 12.2 Å². The fraction of sp³-hybridized carbons (Fsp3) is 0.250. The molecule has 0 atom stereocenters. The quantitative estimate of drug-likeness (QED) is 0.533. The molecule has 0 saturated carbocycles. The van der Waals surface area contributed by atoms with Crippen molar-refractivity contribution in [1.82, 2.24) is 0 Å². The summed E-state index contributed by atoms with van der Waals surface area (Å²) in [6, 6.07) is 9.31. The van der Waals surface area contributed by atoms with Crippen LogP contribution in [0.15, 0.2) is 51.7 Å². The van der Waals surface area contributed by atoms with Gasteiger partial charge in [0.05, 0.1) is 6.61 Å². The summed E-state index contributed by atoms with van der Waals surface area (Å²) in [6.45, 7) is 6.56. The number of hydrogen-bond acceptors (Lipinski definition) is 5. The van der Waals surface area contributed by atoms with E-state index < -0.39 is 5.97 Å². The van der Waals surface area contributed by atoms with E-state index in [0.29, 0.717) is 16.7 Å². The summed E-state index contributed by atoms with van der Waals surface area (Å²) in [5, 5.41) is 9.16. The minimum Gasteiger partial charge on any atom is -0.460 e. The van der Waals surface area contributed by atoms with Gasteiger partial charge >= 0.3 is 11.6 Å². The molecule has 0 amide bonds. The highest BCUT2D eigenvalue weighted by molar-refractivity contribution is 5.86. The molecule has 2 aromatic rings. The van der Waals surface area contributed by atoms with Crippen molar-refractivity contribution in [2.45, 2.75) is 13.8 Å². The van der Waals surface area contributed by atoms with Crippen LogP contribution < -0.4 is 5.63 Å². The molecular formula is C16H18O5. The number of hydrogen-bond donors (Lipinski definition) is 1. The number of fused-ring (bicyclic) bond motifs is 1. The molecule has 1 heterocycles. The van der Waals surface area contributed by atoms with Crippen molar-refractivity contribution in [2.75, 3.05) is 13.2 Å². The fourth-order valence-corrected chi connectivity index (χ4v) is 1.43. The molecule has 0 aliphatic carbocycles. The number of rotatable bonds is 3. The van der Waals surface area contributed by atoms with Gasteiger partial charge in [-0.2, -0.15) is 0 Å². The van der Waals surface area contributed by atoms with Crippen molar-refractivity contribution in [2.24, 2.45) is 0 Å². The van der Waals surface area contributed by atoms with Crippen LogP contribution in [0.4, 0.5) is 0 Å². The minimum absolute atomic E-state index is 0.0473. The van der Waals surface area contributed by atoms with Gasteiger partial charge in [0, 0.05) is 16.5 Å². The molecule has 0 bridgehead atoms. The van der Waals surface area contributed by atoms with Crippen molar-refractivity contribution in [3.8, 4) is 0 Å². The van der Waals surface area contributed by atoms with Crippen molar-refractivity contribution >= 4 is 16.9 Å². The number of esters is 1. The maximum absolute atomic E-state index is 11.1. The van der Waals surface area contributed by atoms with E-state index in [4.69, 9.17) is 9.52 Å². The van der Waals surface area contributed by atoms with Gasteiger partial charge in [-0.3, -0.25) is 0 Å². The first-order chi connectivity index (χ1) is 9.95. The van der Waals surface area contributed by atoms with Crippen molar-refractivity contribution in [1.29, 1.82) is 0 Å². The molecule has 2 rings (SSSR count). The molecule has 112 valence electrons. The summed E-state index contributed by atoms with van der Waals surface area (Å²) in [7, 11) is 0. The molecule has 0 radical (unpaired) electrons. The van der Waals surface area contributed by atoms with Crippen LogP contribution in [-0.4, -0.2) is 24.3 Å². The zero-order chi connectivity index (χ0) is 15.8. The Morgan fingerprint density at radius 2 is 2.05 bits per heavy atom. The maximum atomic E-state index is 11.1. The van der Waals surface area contributed by atoms with Crippen LogP contribution in [-0.2, 0) is 9.53 Å². The predicted molar refractivity (Wildman–Crippen MR) is 80.1 cm³/mol. The van der Waals surface area contributed by atoms with Crippen molar-refractivity contribution < 1.29 is 19.1 Å². The van der Waals surface area contributed by atoms with Gasteiger partial charge in [0.15, 0.2) is 0 Å². The van der Waals surface area contributed by atoms with Gasteiger partial charge in [-0.05, 0) is 26.0 Å². The highest BCUT2D eigenvalue weighted by atomic mass is 16.5. The van der Waals surface area contributed by atoms with E-state index in [1.165, 1.54) is 0 Å². The molecule has 0 fully saturated rings. The molecule has 5 heteroatoms. The average Bonchev–Trinajstić information content (AvgIpc) is 2.46. The zero-order valence-electron chi connectivity index (χ0n) is 12.1. The van der Waals surface area contributed by atoms with Crippen LogP contribution in [0, 0.1) is 6.92 Å². The Labute approximate surface area is 122 Å². The zero-order valence-corrected chi connectivity index (χ0v) is 12.1. The Kier molecular flexibility index (Phi) is 6.36. The summed E-state index contributed by atoms with van der Waals surface area (Å²) in [4.78, 5) is 21.5. The van der Waals surface area contributed by atoms with Crippen molar-refractivity contribution in [3.63, 3.8) is 0 Å². The second-order valence-corrected chi connectivity index (χ2v) is 4.39. The Morgan fingerprint density at radius 3 is 2.67 bits per heavy atom. The lowest BCUT2D eigenvalue weighted by Gasteiger charge is -1.99. The van der Waals surface area contributed by atoms with Gasteiger partial charge in [-0.1, -0.05) is 24.8 Å². The standard InChI is InChI=1S/C10H8O2.C6H10O3/c1-7-6-8-4-2-3-5-9(8)12-10(7)11;1-5(2)6(8)9-4-3-7/h2-6H,1H3;7H,1,3-4H2,2H3. The van der Waals surface area contributed by atoms with Gasteiger partial charge < -0.3 is 14.3 Å². The van der Waals surface area contributed by atoms with Crippen LogP contribution in [0.2, 0.25) is 0 Å². The van der Waals surface area contributed by atoms with E-state index in [1.54, 1.807) is 19.9 Å². The van der Waals surface area contributed by atoms with E-state index in [0.717, 1.165) is 5.39 Å². The lowest BCUT2D eigenvalue weighted by atomic mass is 10.2. The van der Waals surface area contributed by atoms with Gasteiger partial charge in [-0.15, -0.1) is 0 Å². The van der Waals surface area contributed by atoms with Crippen LogP contribution >= 0.6 is 0 Å². The second kappa shape index (κ2) is 8.01. The fourth-order valence-electron chi connectivity index (χ4n) is 1.43. The third-order valence-electron chi connectivity index (χ3n) is 2.49. The maximum Gasteiger partial charge on any atom is 0.339 e. The first kappa shape index (κ1) is 16.7. The molecule has 1 aromatic heterocycles. The summed E-state index contributed by atoms with van der Waals surface area (Å²) in [5.74, 6) is -0.455. The second-order valence-electron chi connectivity index (χ2n) is 4.39. The van der Waals surface area contributed by atoms with Crippen LogP contribution in [0.1, 0.15) is 12.5 Å². The van der Waals surface area contributed by atoms with Crippen LogP contribution in [0.25, 0.3) is 11.0 Å². The number of aryl methyl sites for hydroxylation is 1. The number of carbonyl (C=O) groups excluding carboxylic acids is 1. The van der Waals surface area contributed by atoms with Crippen LogP contribution in [0.3, 0.4) is 0 Å². The molecular weight excluding hydrogens is 272 g/mol. The molecule has 1 N–H and O–H groups in total. The monoisotopic (exact) mass is 290 g/mol. The third kappa shape index (κ3) is 5.24. The summed E-state index contributed by atoms with van der Waals surface area (Å²) in [6.07, 6.45) is 0. The molecule has 0 aliphatic heterocycles. The van der Waals surface area contributed by atoms with Crippen molar-refractivity contribution in [3.05, 3.63) is 58.5 Å². The number of aliphatic hydroxyl groups excluding tert-OH is 1. The number of aliphatic hydroxyl groups is 1. The lowest BCUT2D eigenvalue weighted by Crippen LogP contribution is -2.08. The summed E-state index contributed by atoms with van der Waals surface area (Å²) < 4.78 is 9.50. The van der Waals surface area contributed by atoms with E-state index in [9.17, 15) is 9.59 Å². The number of para-hydroxylation sites is 1. The molecule has 0 spiro atoms. The molecule has 1 aromatic carbocycles. The molecule has 0 aliphatic rings. The SMILES string of the molecule is C=C(C)C(=O)OCCO.Cc1cc2ccccc2oc1=O. The van der Waals surface area contributed by atoms with E-state index in [-0.39, 0.29) is 18.8 Å². The minimum atomic E-state index is -0.455. The summed E-state index contributed by atoms with van der Waals surface area (Å²) >= 11 is 0. The van der Waals surface area contributed by atoms with Crippen LogP contribution in [0.5, 0.6) is 0 Å². The number of ether oxygens (including phenoxy) is 1.